The van der Waals surface area contributed by atoms with Crippen molar-refractivity contribution in [3.05, 3.63) is 78.2 Å². The molecule has 0 fully saturated rings. The third-order valence-corrected chi connectivity index (χ3v) is 5.83. The number of aromatic nitrogens is 6. The predicted octanol–water partition coefficient (Wildman–Crippen LogP) is 5.17. The van der Waals surface area contributed by atoms with E-state index in [9.17, 15) is 0 Å². The summed E-state index contributed by atoms with van der Waals surface area (Å²) in [6, 6.07) is 16.3. The average molecular weight is 428 g/mol. The van der Waals surface area contributed by atoms with Gasteiger partial charge in [-0.3, -0.25) is 4.68 Å². The summed E-state index contributed by atoms with van der Waals surface area (Å²) in [5.74, 6) is 0.557. The maximum atomic E-state index is 4.83. The Bertz CT molecular complexity index is 1300. The van der Waals surface area contributed by atoms with Gasteiger partial charge in [0, 0.05) is 42.3 Å². The van der Waals surface area contributed by atoms with Crippen LogP contribution in [0.15, 0.2) is 72.5 Å². The number of anilines is 1. The van der Waals surface area contributed by atoms with Gasteiger partial charge in [-0.05, 0) is 42.8 Å². The third-order valence-electron chi connectivity index (χ3n) is 4.97. The Morgan fingerprint density at radius 3 is 2.74 bits per heavy atom. The smallest absolute Gasteiger partial charge is 0.223 e. The fourth-order valence-corrected chi connectivity index (χ4v) is 4.16. The molecule has 0 bridgehead atoms. The van der Waals surface area contributed by atoms with Gasteiger partial charge in [0.1, 0.15) is 10.7 Å². The minimum absolute atomic E-state index is 0.000892. The molecule has 5 rings (SSSR count). The summed E-state index contributed by atoms with van der Waals surface area (Å²) < 4.78 is 1.78. The largest absolute Gasteiger partial charge is 0.361 e. The van der Waals surface area contributed by atoms with Crippen LogP contribution in [0.5, 0.6) is 0 Å². The van der Waals surface area contributed by atoms with E-state index in [0.717, 1.165) is 38.9 Å². The molecule has 0 saturated carbocycles. The first-order valence-corrected chi connectivity index (χ1v) is 10.8. The Morgan fingerprint density at radius 2 is 1.94 bits per heavy atom. The third kappa shape index (κ3) is 4.10. The monoisotopic (exact) mass is 427 g/mol. The van der Waals surface area contributed by atoms with E-state index in [-0.39, 0.29) is 6.04 Å². The van der Waals surface area contributed by atoms with Crippen LogP contribution >= 0.6 is 11.3 Å². The zero-order valence-corrected chi connectivity index (χ0v) is 18.0. The van der Waals surface area contributed by atoms with E-state index in [4.69, 9.17) is 4.98 Å². The Hall–Kier alpha value is -3.78. The first kappa shape index (κ1) is 19.2. The van der Waals surface area contributed by atoms with Crippen molar-refractivity contribution in [1.82, 2.24) is 29.7 Å². The van der Waals surface area contributed by atoms with Gasteiger partial charge in [0.05, 0.1) is 17.4 Å². The Labute approximate surface area is 183 Å². The van der Waals surface area contributed by atoms with Crippen LogP contribution in [0, 0.1) is 0 Å². The number of nitrogens with zero attached hydrogens (tertiary/aromatic N) is 5. The van der Waals surface area contributed by atoms with Crippen molar-refractivity contribution < 1.29 is 0 Å². The Kier molecular flexibility index (Phi) is 5.05. The lowest BCUT2D eigenvalue weighted by atomic mass is 10.1. The van der Waals surface area contributed by atoms with E-state index < -0.39 is 0 Å². The Balaban J connectivity index is 1.38. The van der Waals surface area contributed by atoms with Crippen molar-refractivity contribution in [2.75, 3.05) is 5.32 Å². The Morgan fingerprint density at radius 1 is 1.03 bits per heavy atom. The number of aryl methyl sites for hydroxylation is 1. The first-order valence-electron chi connectivity index (χ1n) is 9.95. The number of thiazole rings is 1. The van der Waals surface area contributed by atoms with Crippen molar-refractivity contribution in [1.29, 1.82) is 0 Å². The van der Waals surface area contributed by atoms with Crippen LogP contribution < -0.4 is 5.32 Å². The highest BCUT2D eigenvalue weighted by molar-refractivity contribution is 7.13. The molecule has 2 N–H and O–H groups in total. The predicted molar refractivity (Wildman–Crippen MR) is 124 cm³/mol. The molecule has 1 atom stereocenters. The molecular weight excluding hydrogens is 406 g/mol. The van der Waals surface area contributed by atoms with Gasteiger partial charge in [-0.15, -0.1) is 11.3 Å². The molecule has 154 valence electrons. The van der Waals surface area contributed by atoms with Crippen molar-refractivity contribution in [3.63, 3.8) is 0 Å². The quantitative estimate of drug-likeness (QED) is 0.391. The first-order chi connectivity index (χ1) is 15.2. The van der Waals surface area contributed by atoms with Crippen molar-refractivity contribution >= 4 is 17.3 Å². The molecule has 5 aromatic rings. The molecule has 8 heteroatoms. The summed E-state index contributed by atoms with van der Waals surface area (Å²) in [5, 5.41) is 10.7. The van der Waals surface area contributed by atoms with Gasteiger partial charge in [-0.1, -0.05) is 18.2 Å². The van der Waals surface area contributed by atoms with E-state index >= 15 is 0 Å². The molecule has 31 heavy (non-hydrogen) atoms. The second-order valence-electron chi connectivity index (χ2n) is 7.25. The molecular formula is C23H21N7S. The molecule has 0 spiro atoms. The fraction of sp³-hybridized carbons (Fsp3) is 0.130. The highest BCUT2D eigenvalue weighted by Gasteiger charge is 2.13. The number of aromatic amines is 1. The number of H-pyrrole nitrogens is 1. The zero-order chi connectivity index (χ0) is 21.2. The van der Waals surface area contributed by atoms with Gasteiger partial charge < -0.3 is 10.3 Å². The van der Waals surface area contributed by atoms with Crippen molar-refractivity contribution in [2.24, 2.45) is 7.05 Å². The van der Waals surface area contributed by atoms with Gasteiger partial charge in [0.25, 0.3) is 0 Å². The van der Waals surface area contributed by atoms with E-state index in [0.29, 0.717) is 5.95 Å². The normalized spacial score (nSPS) is 12.1. The number of hydrogen-bond acceptors (Lipinski definition) is 6. The minimum Gasteiger partial charge on any atom is -0.361 e. The van der Waals surface area contributed by atoms with Crippen LogP contribution in [0.3, 0.4) is 0 Å². The SMILES string of the molecule is C[C@@H](Nc1nccc(-c2nc(-c3cccc(-c4ccc[nH]4)c3)cs2)n1)c1ccn(C)n1. The van der Waals surface area contributed by atoms with Crippen molar-refractivity contribution in [2.45, 2.75) is 13.0 Å². The summed E-state index contributed by atoms with van der Waals surface area (Å²) in [7, 11) is 1.90. The van der Waals surface area contributed by atoms with Crippen LogP contribution in [-0.4, -0.2) is 29.7 Å². The highest BCUT2D eigenvalue weighted by Crippen LogP contribution is 2.30. The van der Waals surface area contributed by atoms with Crippen LogP contribution in [0.2, 0.25) is 0 Å². The molecule has 0 saturated heterocycles. The van der Waals surface area contributed by atoms with Gasteiger partial charge in [-0.25, -0.2) is 15.0 Å². The molecule has 0 aliphatic carbocycles. The lowest BCUT2D eigenvalue weighted by Gasteiger charge is -2.11. The molecule has 0 aliphatic heterocycles. The highest BCUT2D eigenvalue weighted by atomic mass is 32.1. The fourth-order valence-electron chi connectivity index (χ4n) is 3.36. The van der Waals surface area contributed by atoms with Gasteiger partial charge in [-0.2, -0.15) is 5.10 Å². The van der Waals surface area contributed by atoms with Crippen LogP contribution in [-0.2, 0) is 7.05 Å². The average Bonchev–Trinajstić information content (AvgIpc) is 3.55. The maximum Gasteiger partial charge on any atom is 0.223 e. The van der Waals surface area contributed by atoms with Crippen LogP contribution in [0.25, 0.3) is 33.2 Å². The van der Waals surface area contributed by atoms with E-state index in [1.165, 1.54) is 0 Å². The summed E-state index contributed by atoms with van der Waals surface area (Å²) in [6.45, 7) is 2.04. The zero-order valence-electron chi connectivity index (χ0n) is 17.1. The summed E-state index contributed by atoms with van der Waals surface area (Å²) in [6.07, 6.45) is 5.61. The molecule has 4 aromatic heterocycles. The summed E-state index contributed by atoms with van der Waals surface area (Å²) >= 11 is 1.58. The molecule has 0 unspecified atom stereocenters. The van der Waals surface area contributed by atoms with Crippen molar-refractivity contribution in [3.8, 4) is 33.2 Å². The lowest BCUT2D eigenvalue weighted by molar-refractivity contribution is 0.715. The second-order valence-corrected chi connectivity index (χ2v) is 8.11. The molecule has 1 aromatic carbocycles. The van der Waals surface area contributed by atoms with E-state index in [1.54, 1.807) is 22.2 Å². The van der Waals surface area contributed by atoms with E-state index in [1.807, 2.05) is 44.6 Å². The van der Waals surface area contributed by atoms with Gasteiger partial charge in [0.15, 0.2) is 0 Å². The topological polar surface area (TPSA) is 84.3 Å². The summed E-state index contributed by atoms with van der Waals surface area (Å²) in [4.78, 5) is 17.1. The summed E-state index contributed by atoms with van der Waals surface area (Å²) in [5.41, 5.74) is 5.96. The molecule has 0 radical (unpaired) electrons. The van der Waals surface area contributed by atoms with Gasteiger partial charge in [0.2, 0.25) is 5.95 Å². The number of hydrogen-bond donors (Lipinski definition) is 2. The minimum atomic E-state index is -0.000892. The van der Waals surface area contributed by atoms with Crippen LogP contribution in [0.4, 0.5) is 5.95 Å². The standard InChI is InChI=1S/C23H21N7S/c1-15(18-9-12-30(2)29-18)26-23-25-11-8-20(28-23)22-27-21(14-31-22)17-6-3-5-16(13-17)19-7-4-10-24-19/h3-15,24H,1-2H3,(H,25,26,28)/t15-/m1/s1. The maximum absolute atomic E-state index is 4.83. The second kappa shape index (κ2) is 8.16. The number of benzene rings is 1. The number of rotatable bonds is 6. The van der Waals surface area contributed by atoms with Crippen LogP contribution in [0.1, 0.15) is 18.7 Å². The van der Waals surface area contributed by atoms with Gasteiger partial charge >= 0.3 is 0 Å². The van der Waals surface area contributed by atoms with E-state index in [2.05, 4.69) is 61.1 Å². The molecule has 7 nitrogen and oxygen atoms in total. The molecule has 0 amide bonds. The molecule has 0 aliphatic rings. The number of nitrogens with one attached hydrogen (secondary N) is 2. The lowest BCUT2D eigenvalue weighted by Crippen LogP contribution is -2.10. The molecule has 4 heterocycles.